The Bertz CT molecular complexity index is 830. The van der Waals surface area contributed by atoms with Gasteiger partial charge in [-0.2, -0.15) is 0 Å². The smallest absolute Gasteiger partial charge is 0.258 e. The van der Waals surface area contributed by atoms with Gasteiger partial charge >= 0.3 is 0 Å². The van der Waals surface area contributed by atoms with Crippen molar-refractivity contribution in [2.45, 2.75) is 13.5 Å². The minimum absolute atomic E-state index is 0.00977. The van der Waals surface area contributed by atoms with Crippen LogP contribution in [0, 0.1) is 6.92 Å². The molecule has 0 atom stereocenters. The molecule has 0 aliphatic rings. The van der Waals surface area contributed by atoms with Crippen molar-refractivity contribution < 1.29 is 9.53 Å². The summed E-state index contributed by atoms with van der Waals surface area (Å²) in [7, 11) is 0. The molecule has 0 fully saturated rings. The van der Waals surface area contributed by atoms with Gasteiger partial charge in [0.05, 0.1) is 12.2 Å². The summed E-state index contributed by atoms with van der Waals surface area (Å²) in [6.45, 7) is 2.32. The highest BCUT2D eigenvalue weighted by Gasteiger charge is 2.04. The minimum Gasteiger partial charge on any atom is -0.484 e. The van der Waals surface area contributed by atoms with Crippen LogP contribution in [0.3, 0.4) is 0 Å². The first-order chi connectivity index (χ1) is 11.2. The van der Waals surface area contributed by atoms with Crippen molar-refractivity contribution in [1.29, 1.82) is 0 Å². The molecule has 116 valence electrons. The van der Waals surface area contributed by atoms with E-state index in [0.717, 1.165) is 22.2 Å². The maximum absolute atomic E-state index is 11.9. The second-order valence-electron chi connectivity index (χ2n) is 5.34. The van der Waals surface area contributed by atoms with Crippen LogP contribution in [0.1, 0.15) is 11.4 Å². The van der Waals surface area contributed by atoms with E-state index in [2.05, 4.69) is 10.3 Å². The van der Waals surface area contributed by atoms with Crippen LogP contribution in [0.15, 0.2) is 60.7 Å². The topological polar surface area (TPSA) is 51.2 Å². The molecule has 1 heterocycles. The zero-order chi connectivity index (χ0) is 16.1. The summed E-state index contributed by atoms with van der Waals surface area (Å²) < 4.78 is 5.56. The molecule has 1 aromatic heterocycles. The van der Waals surface area contributed by atoms with Gasteiger partial charge in [-0.05, 0) is 42.0 Å². The number of pyridine rings is 1. The maximum Gasteiger partial charge on any atom is 0.258 e. The number of carbonyl (C=O) groups excluding carboxylic acids is 1. The Morgan fingerprint density at radius 3 is 2.70 bits per heavy atom. The lowest BCUT2D eigenvalue weighted by Crippen LogP contribution is -2.28. The first-order valence-corrected chi connectivity index (χ1v) is 7.51. The largest absolute Gasteiger partial charge is 0.484 e. The number of hydrogen-bond donors (Lipinski definition) is 1. The Morgan fingerprint density at radius 2 is 1.87 bits per heavy atom. The molecular formula is C19H18N2O2. The zero-order valence-electron chi connectivity index (χ0n) is 13.0. The molecule has 1 N–H and O–H groups in total. The molecule has 4 nitrogen and oxygen atoms in total. The van der Waals surface area contributed by atoms with E-state index >= 15 is 0 Å². The number of aromatic nitrogens is 1. The number of aryl methyl sites for hydroxylation is 1. The van der Waals surface area contributed by atoms with Gasteiger partial charge in [-0.15, -0.1) is 0 Å². The van der Waals surface area contributed by atoms with E-state index in [0.29, 0.717) is 12.3 Å². The summed E-state index contributed by atoms with van der Waals surface area (Å²) in [5.74, 6) is 0.522. The number of rotatable bonds is 5. The van der Waals surface area contributed by atoms with E-state index in [-0.39, 0.29) is 12.5 Å². The van der Waals surface area contributed by atoms with Crippen molar-refractivity contribution in [2.24, 2.45) is 0 Å². The fourth-order valence-corrected chi connectivity index (χ4v) is 2.34. The lowest BCUT2D eigenvalue weighted by Gasteiger charge is -2.08. The number of hydrogen-bond acceptors (Lipinski definition) is 3. The van der Waals surface area contributed by atoms with Crippen LogP contribution in [0.5, 0.6) is 5.75 Å². The van der Waals surface area contributed by atoms with E-state index in [9.17, 15) is 4.79 Å². The van der Waals surface area contributed by atoms with Crippen molar-refractivity contribution in [1.82, 2.24) is 10.3 Å². The molecule has 0 radical (unpaired) electrons. The number of fused-ring (bicyclic) bond motifs is 1. The molecule has 4 heteroatoms. The fraction of sp³-hybridized carbons (Fsp3) is 0.158. The summed E-state index contributed by atoms with van der Waals surface area (Å²) in [6, 6.07) is 19.6. The highest BCUT2D eigenvalue weighted by atomic mass is 16.5. The standard InChI is InChI=1S/C19H18N2O2/c1-14-5-4-8-17(21-14)12-20-19(22)13-23-18-10-9-15-6-2-3-7-16(15)11-18/h2-11H,12-13H2,1H3,(H,20,22). The van der Waals surface area contributed by atoms with Gasteiger partial charge in [0.15, 0.2) is 6.61 Å². The molecule has 0 saturated carbocycles. The minimum atomic E-state index is -0.165. The van der Waals surface area contributed by atoms with Crippen LogP contribution in [-0.2, 0) is 11.3 Å². The van der Waals surface area contributed by atoms with E-state index in [1.54, 1.807) is 0 Å². The molecule has 0 saturated heterocycles. The Labute approximate surface area is 135 Å². The van der Waals surface area contributed by atoms with Gasteiger partial charge in [0.25, 0.3) is 5.91 Å². The van der Waals surface area contributed by atoms with Gasteiger partial charge in [0.2, 0.25) is 0 Å². The normalized spacial score (nSPS) is 10.5. The highest BCUT2D eigenvalue weighted by Crippen LogP contribution is 2.20. The third-order valence-electron chi connectivity index (χ3n) is 3.50. The molecule has 0 bridgehead atoms. The third-order valence-corrected chi connectivity index (χ3v) is 3.50. The van der Waals surface area contributed by atoms with Crippen molar-refractivity contribution in [3.63, 3.8) is 0 Å². The van der Waals surface area contributed by atoms with Gasteiger partial charge in [0.1, 0.15) is 5.75 Å². The number of nitrogens with zero attached hydrogens (tertiary/aromatic N) is 1. The van der Waals surface area contributed by atoms with Crippen molar-refractivity contribution in [3.8, 4) is 5.75 Å². The van der Waals surface area contributed by atoms with Crippen LogP contribution in [-0.4, -0.2) is 17.5 Å². The van der Waals surface area contributed by atoms with E-state index in [1.807, 2.05) is 67.6 Å². The van der Waals surface area contributed by atoms with E-state index < -0.39 is 0 Å². The van der Waals surface area contributed by atoms with Gasteiger partial charge in [-0.1, -0.05) is 36.4 Å². The monoisotopic (exact) mass is 306 g/mol. The Morgan fingerprint density at radius 1 is 1.04 bits per heavy atom. The molecule has 0 spiro atoms. The maximum atomic E-state index is 11.9. The molecule has 3 aromatic rings. The number of amides is 1. The lowest BCUT2D eigenvalue weighted by atomic mass is 10.1. The first kappa shape index (κ1) is 15.0. The summed E-state index contributed by atoms with van der Waals surface area (Å²) in [4.78, 5) is 16.2. The highest BCUT2D eigenvalue weighted by molar-refractivity contribution is 5.84. The molecule has 1 amide bonds. The van der Waals surface area contributed by atoms with Crippen molar-refractivity contribution in [2.75, 3.05) is 6.61 Å². The lowest BCUT2D eigenvalue weighted by molar-refractivity contribution is -0.123. The Hall–Kier alpha value is -2.88. The zero-order valence-corrected chi connectivity index (χ0v) is 13.0. The fourth-order valence-electron chi connectivity index (χ4n) is 2.34. The molecule has 0 unspecified atom stereocenters. The number of carbonyl (C=O) groups is 1. The van der Waals surface area contributed by atoms with E-state index in [1.165, 1.54) is 0 Å². The van der Waals surface area contributed by atoms with Gasteiger partial charge in [0, 0.05) is 5.69 Å². The van der Waals surface area contributed by atoms with Crippen molar-refractivity contribution in [3.05, 3.63) is 72.1 Å². The SMILES string of the molecule is Cc1cccc(CNC(=O)COc2ccc3ccccc3c2)n1. The predicted octanol–water partition coefficient (Wildman–Crippen LogP) is 3.24. The third kappa shape index (κ3) is 4.07. The quantitative estimate of drug-likeness (QED) is 0.787. The Kier molecular flexibility index (Phi) is 4.52. The van der Waals surface area contributed by atoms with Gasteiger partial charge < -0.3 is 10.1 Å². The molecule has 23 heavy (non-hydrogen) atoms. The van der Waals surface area contributed by atoms with Crippen LogP contribution < -0.4 is 10.1 Å². The van der Waals surface area contributed by atoms with Crippen LogP contribution >= 0.6 is 0 Å². The number of nitrogens with one attached hydrogen (secondary N) is 1. The van der Waals surface area contributed by atoms with Crippen LogP contribution in [0.25, 0.3) is 10.8 Å². The van der Waals surface area contributed by atoms with E-state index in [4.69, 9.17) is 4.74 Å². The number of benzene rings is 2. The molecule has 3 rings (SSSR count). The summed E-state index contributed by atoms with van der Waals surface area (Å²) in [5, 5.41) is 5.05. The Balaban J connectivity index is 1.53. The molecular weight excluding hydrogens is 288 g/mol. The summed E-state index contributed by atoms with van der Waals surface area (Å²) in [5.41, 5.74) is 1.77. The molecule has 0 aliphatic heterocycles. The summed E-state index contributed by atoms with van der Waals surface area (Å²) in [6.07, 6.45) is 0. The second kappa shape index (κ2) is 6.92. The average Bonchev–Trinajstić information content (AvgIpc) is 2.58. The summed E-state index contributed by atoms with van der Waals surface area (Å²) >= 11 is 0. The molecule has 0 aliphatic carbocycles. The number of ether oxygens (including phenoxy) is 1. The average molecular weight is 306 g/mol. The second-order valence-corrected chi connectivity index (χ2v) is 5.34. The first-order valence-electron chi connectivity index (χ1n) is 7.51. The van der Waals surface area contributed by atoms with Crippen LogP contribution in [0.4, 0.5) is 0 Å². The van der Waals surface area contributed by atoms with Crippen molar-refractivity contribution >= 4 is 16.7 Å². The van der Waals surface area contributed by atoms with Gasteiger partial charge in [-0.25, -0.2) is 0 Å². The molecule has 2 aromatic carbocycles. The predicted molar refractivity (Wildman–Crippen MR) is 90.3 cm³/mol. The van der Waals surface area contributed by atoms with Crippen LogP contribution in [0.2, 0.25) is 0 Å². The van der Waals surface area contributed by atoms with Gasteiger partial charge in [-0.3, -0.25) is 9.78 Å².